The fraction of sp³-hybridized carbons (Fsp3) is 0.226. The lowest BCUT2D eigenvalue weighted by molar-refractivity contribution is -0.121. The lowest BCUT2D eigenvalue weighted by Gasteiger charge is -2.21. The summed E-state index contributed by atoms with van der Waals surface area (Å²) in [6.07, 6.45) is 2.05. The van der Waals surface area contributed by atoms with E-state index in [1.54, 1.807) is 24.4 Å². The summed E-state index contributed by atoms with van der Waals surface area (Å²) in [4.78, 5) is 13.0. The molecule has 0 bridgehead atoms. The van der Waals surface area contributed by atoms with E-state index >= 15 is 0 Å². The summed E-state index contributed by atoms with van der Waals surface area (Å²) in [5, 5.41) is 4.14. The predicted octanol–water partition coefficient (Wildman–Crippen LogP) is 4.88. The number of nitrogens with zero attached hydrogens (tertiary/aromatic N) is 3. The molecular weight excluding hydrogens is 524 g/mol. The van der Waals surface area contributed by atoms with Gasteiger partial charge in [-0.15, -0.1) is 0 Å². The number of hydrogen-bond acceptors (Lipinski definition) is 5. The lowest BCUT2D eigenvalue weighted by atomic mass is 10.1. The summed E-state index contributed by atoms with van der Waals surface area (Å²) in [5.74, 6) is 0.287. The third kappa shape index (κ3) is 7.05. The Bertz CT molecular complexity index is 1550. The van der Waals surface area contributed by atoms with Crippen LogP contribution in [0.1, 0.15) is 29.4 Å². The van der Waals surface area contributed by atoms with Gasteiger partial charge in [0.05, 0.1) is 24.3 Å². The van der Waals surface area contributed by atoms with Crippen molar-refractivity contribution >= 4 is 22.1 Å². The van der Waals surface area contributed by atoms with Crippen molar-refractivity contribution in [3.63, 3.8) is 0 Å². The number of hydrazone groups is 1. The molecule has 0 fully saturated rings. The molecule has 4 rings (SSSR count). The van der Waals surface area contributed by atoms with Crippen molar-refractivity contribution in [1.29, 1.82) is 0 Å². The second-order valence-electron chi connectivity index (χ2n) is 9.27. The molecule has 9 heteroatoms. The van der Waals surface area contributed by atoms with Crippen LogP contribution in [-0.2, 0) is 21.2 Å². The first-order chi connectivity index (χ1) is 19.3. The Labute approximate surface area is 236 Å². The van der Waals surface area contributed by atoms with Crippen LogP contribution in [0.2, 0.25) is 0 Å². The monoisotopic (exact) mass is 558 g/mol. The van der Waals surface area contributed by atoms with E-state index in [4.69, 9.17) is 4.74 Å². The van der Waals surface area contributed by atoms with Crippen molar-refractivity contribution in [2.45, 2.75) is 32.1 Å². The van der Waals surface area contributed by atoms with Crippen molar-refractivity contribution in [1.82, 2.24) is 14.3 Å². The first-order valence-corrected chi connectivity index (χ1v) is 14.6. The molecule has 0 unspecified atom stereocenters. The van der Waals surface area contributed by atoms with Gasteiger partial charge in [0.15, 0.2) is 0 Å². The average Bonchev–Trinajstić information content (AvgIpc) is 3.25. The Morgan fingerprint density at radius 2 is 1.62 bits per heavy atom. The number of amides is 1. The van der Waals surface area contributed by atoms with E-state index in [2.05, 4.69) is 15.1 Å². The van der Waals surface area contributed by atoms with Gasteiger partial charge >= 0.3 is 0 Å². The van der Waals surface area contributed by atoms with Crippen LogP contribution in [0, 0.1) is 13.8 Å². The van der Waals surface area contributed by atoms with Gasteiger partial charge in [0.2, 0.25) is 10.0 Å². The number of rotatable bonds is 12. The van der Waals surface area contributed by atoms with Crippen molar-refractivity contribution in [2.24, 2.45) is 5.10 Å². The Morgan fingerprint density at radius 1 is 0.975 bits per heavy atom. The van der Waals surface area contributed by atoms with E-state index in [1.165, 1.54) is 16.4 Å². The summed E-state index contributed by atoms with van der Waals surface area (Å²) >= 11 is 0. The predicted molar refractivity (Wildman–Crippen MR) is 157 cm³/mol. The van der Waals surface area contributed by atoms with E-state index in [0.29, 0.717) is 13.0 Å². The standard InChI is InChI=1S/C31H34N4O4S/c1-4-39-29-17-15-28(16-18-29)35-24(2)21-27(25(35)3)22-32-33-31(36)23-34(20-19-26-11-7-5-8-12-26)40(37,38)30-13-9-6-10-14-30/h5-18,21-22H,4,19-20,23H2,1-3H3,(H,33,36)/b32-22+. The number of nitrogens with one attached hydrogen (secondary N) is 1. The molecule has 0 aliphatic rings. The minimum Gasteiger partial charge on any atom is -0.494 e. The lowest BCUT2D eigenvalue weighted by Crippen LogP contribution is -2.40. The molecule has 1 amide bonds. The number of benzene rings is 3. The second kappa shape index (κ2) is 13.2. The maximum atomic E-state index is 13.4. The zero-order valence-electron chi connectivity index (χ0n) is 22.9. The fourth-order valence-corrected chi connectivity index (χ4v) is 5.89. The minimum absolute atomic E-state index is 0.140. The number of carbonyl (C=O) groups is 1. The normalized spacial score (nSPS) is 11.7. The van der Waals surface area contributed by atoms with Crippen LogP contribution < -0.4 is 10.2 Å². The van der Waals surface area contributed by atoms with E-state index in [0.717, 1.165) is 34.0 Å². The average molecular weight is 559 g/mol. The van der Waals surface area contributed by atoms with E-state index in [1.807, 2.05) is 81.4 Å². The number of aromatic nitrogens is 1. The quantitative estimate of drug-likeness (QED) is 0.198. The van der Waals surface area contributed by atoms with E-state index < -0.39 is 15.9 Å². The number of carbonyl (C=O) groups excluding carboxylic acids is 1. The van der Waals surface area contributed by atoms with Gasteiger partial charge in [0.1, 0.15) is 5.75 Å². The SMILES string of the molecule is CCOc1ccc(-n2c(C)cc(/C=N/NC(=O)CN(CCc3ccccc3)S(=O)(=O)c3ccccc3)c2C)cc1. The number of hydrogen-bond donors (Lipinski definition) is 1. The highest BCUT2D eigenvalue weighted by molar-refractivity contribution is 7.89. The topological polar surface area (TPSA) is 93.0 Å². The molecule has 0 spiro atoms. The third-order valence-corrected chi connectivity index (χ3v) is 8.32. The van der Waals surface area contributed by atoms with Crippen LogP contribution in [0.25, 0.3) is 5.69 Å². The molecular formula is C31H34N4O4S. The zero-order chi connectivity index (χ0) is 28.5. The van der Waals surface area contributed by atoms with Gasteiger partial charge in [0.25, 0.3) is 5.91 Å². The number of aryl methyl sites for hydroxylation is 1. The highest BCUT2D eigenvalue weighted by Gasteiger charge is 2.26. The van der Waals surface area contributed by atoms with Crippen LogP contribution in [-0.4, -0.2) is 49.1 Å². The van der Waals surface area contributed by atoms with Gasteiger partial charge in [-0.2, -0.15) is 9.41 Å². The summed E-state index contributed by atoms with van der Waals surface area (Å²) in [6, 6.07) is 27.5. The summed E-state index contributed by atoms with van der Waals surface area (Å²) in [5.41, 5.74) is 7.27. The first-order valence-electron chi connectivity index (χ1n) is 13.1. The molecule has 0 radical (unpaired) electrons. The van der Waals surface area contributed by atoms with Crippen LogP contribution >= 0.6 is 0 Å². The molecule has 208 valence electrons. The van der Waals surface area contributed by atoms with Gasteiger partial charge < -0.3 is 9.30 Å². The number of ether oxygens (including phenoxy) is 1. The minimum atomic E-state index is -3.88. The second-order valence-corrected chi connectivity index (χ2v) is 11.2. The van der Waals surface area contributed by atoms with Crippen LogP contribution in [0.4, 0.5) is 0 Å². The van der Waals surface area contributed by atoms with Crippen LogP contribution in [0.5, 0.6) is 5.75 Å². The number of sulfonamides is 1. The third-order valence-electron chi connectivity index (χ3n) is 6.46. The van der Waals surface area contributed by atoms with Crippen molar-refractivity contribution in [3.05, 3.63) is 114 Å². The molecule has 0 aliphatic carbocycles. The summed E-state index contributed by atoms with van der Waals surface area (Å²) in [7, 11) is -3.88. The molecule has 0 saturated heterocycles. The Morgan fingerprint density at radius 3 is 2.27 bits per heavy atom. The Balaban J connectivity index is 1.46. The van der Waals surface area contributed by atoms with Crippen LogP contribution in [0.3, 0.4) is 0 Å². The smallest absolute Gasteiger partial charge is 0.255 e. The largest absolute Gasteiger partial charge is 0.494 e. The van der Waals surface area contributed by atoms with Gasteiger partial charge in [0, 0.05) is 29.2 Å². The molecule has 1 aromatic heterocycles. The van der Waals surface area contributed by atoms with Gasteiger partial charge in [-0.05, 0) is 75.2 Å². The first kappa shape index (κ1) is 28.8. The Kier molecular flexibility index (Phi) is 9.52. The van der Waals surface area contributed by atoms with Crippen LogP contribution in [0.15, 0.2) is 101 Å². The molecule has 1 heterocycles. The van der Waals surface area contributed by atoms with Gasteiger partial charge in [-0.1, -0.05) is 48.5 Å². The fourth-order valence-electron chi connectivity index (χ4n) is 4.47. The van der Waals surface area contributed by atoms with Crippen molar-refractivity contribution < 1.29 is 17.9 Å². The molecule has 0 atom stereocenters. The molecule has 40 heavy (non-hydrogen) atoms. The summed E-state index contributed by atoms with van der Waals surface area (Å²) in [6.45, 7) is 6.33. The molecule has 4 aromatic rings. The van der Waals surface area contributed by atoms with E-state index in [-0.39, 0.29) is 18.0 Å². The molecule has 1 N–H and O–H groups in total. The maximum absolute atomic E-state index is 13.4. The highest BCUT2D eigenvalue weighted by atomic mass is 32.2. The van der Waals surface area contributed by atoms with Gasteiger partial charge in [-0.25, -0.2) is 13.8 Å². The zero-order valence-corrected chi connectivity index (χ0v) is 23.8. The molecule has 0 aliphatic heterocycles. The molecule has 8 nitrogen and oxygen atoms in total. The highest BCUT2D eigenvalue weighted by Crippen LogP contribution is 2.22. The van der Waals surface area contributed by atoms with Crippen molar-refractivity contribution in [2.75, 3.05) is 19.7 Å². The molecule has 3 aromatic carbocycles. The Hall–Kier alpha value is -4.21. The van der Waals surface area contributed by atoms with Gasteiger partial charge in [-0.3, -0.25) is 4.79 Å². The molecule has 0 saturated carbocycles. The van der Waals surface area contributed by atoms with Crippen molar-refractivity contribution in [3.8, 4) is 11.4 Å². The summed E-state index contributed by atoms with van der Waals surface area (Å²) < 4.78 is 35.5. The maximum Gasteiger partial charge on any atom is 0.255 e. The van der Waals surface area contributed by atoms with E-state index in [9.17, 15) is 13.2 Å².